The van der Waals surface area contributed by atoms with Gasteiger partial charge in [-0.3, -0.25) is 14.5 Å². The van der Waals surface area contributed by atoms with Crippen LogP contribution in [0.2, 0.25) is 0 Å². The van der Waals surface area contributed by atoms with Gasteiger partial charge in [-0.1, -0.05) is 0 Å². The summed E-state index contributed by atoms with van der Waals surface area (Å²) in [6.45, 7) is 10.1. The molecule has 0 bridgehead atoms. The van der Waals surface area contributed by atoms with Crippen LogP contribution in [0.3, 0.4) is 0 Å². The second kappa shape index (κ2) is 10.6. The summed E-state index contributed by atoms with van der Waals surface area (Å²) in [5.41, 5.74) is 2.40. The van der Waals surface area contributed by atoms with Crippen LogP contribution in [0.1, 0.15) is 30.1 Å². The molecule has 0 spiro atoms. The summed E-state index contributed by atoms with van der Waals surface area (Å²) in [5, 5.41) is 4.05. The number of benzene rings is 1. The summed E-state index contributed by atoms with van der Waals surface area (Å²) >= 11 is 0. The van der Waals surface area contributed by atoms with Gasteiger partial charge in [-0.25, -0.2) is 0 Å². The zero-order valence-corrected chi connectivity index (χ0v) is 21.0. The number of carbonyl (C=O) groups is 2. The Hall–Kier alpha value is -2.62. The summed E-state index contributed by atoms with van der Waals surface area (Å²) in [6, 6.07) is 6.02. The third kappa shape index (κ3) is 5.32. The van der Waals surface area contributed by atoms with E-state index < -0.39 is 6.04 Å². The Kier molecular flexibility index (Phi) is 7.27. The highest BCUT2D eigenvalue weighted by atomic mass is 16.5. The molecule has 2 amide bonds. The van der Waals surface area contributed by atoms with Crippen molar-refractivity contribution in [2.24, 2.45) is 0 Å². The summed E-state index contributed by atoms with van der Waals surface area (Å²) in [5.74, 6) is -0.218. The van der Waals surface area contributed by atoms with Gasteiger partial charge in [-0.2, -0.15) is 0 Å². The summed E-state index contributed by atoms with van der Waals surface area (Å²) in [4.78, 5) is 38.8. The highest BCUT2D eigenvalue weighted by molar-refractivity contribution is 6.05. The van der Waals surface area contributed by atoms with E-state index in [1.54, 1.807) is 6.92 Å². The minimum atomic E-state index is -0.575. The van der Waals surface area contributed by atoms with Crippen LogP contribution in [0.5, 0.6) is 0 Å². The highest BCUT2D eigenvalue weighted by Crippen LogP contribution is 2.28. The van der Waals surface area contributed by atoms with Crippen molar-refractivity contribution in [2.45, 2.75) is 31.8 Å². The van der Waals surface area contributed by atoms with Crippen LogP contribution in [0.4, 0.5) is 5.69 Å². The first-order valence-corrected chi connectivity index (χ1v) is 13.0. The van der Waals surface area contributed by atoms with Gasteiger partial charge in [0, 0.05) is 62.4 Å². The Bertz CT molecular complexity index is 1030. The van der Waals surface area contributed by atoms with E-state index in [0.29, 0.717) is 24.8 Å². The molecule has 3 aliphatic rings. The predicted molar refractivity (Wildman–Crippen MR) is 137 cm³/mol. The number of H-pyrrole nitrogens is 1. The van der Waals surface area contributed by atoms with Crippen molar-refractivity contribution < 1.29 is 14.3 Å². The van der Waals surface area contributed by atoms with Gasteiger partial charge < -0.3 is 29.7 Å². The standard InChI is InChI=1S/C26H38N6O3/c1-19(26(34)32-11-9-30(10-12-32)21-4-7-29(2)8-5-21)28-25(33)22-18-23-20(3-6-27-23)17-24(22)31-13-15-35-16-14-31/h3,6,17-19,21,27H,4-5,7-16H2,1-2H3,(H,28,33)/t19-/m1/s1. The zero-order chi connectivity index (χ0) is 24.4. The second-order valence-corrected chi connectivity index (χ2v) is 10.1. The van der Waals surface area contributed by atoms with Gasteiger partial charge in [-0.05, 0) is 58.1 Å². The number of piperidine rings is 1. The molecular formula is C26H38N6O3. The Morgan fingerprint density at radius 2 is 1.74 bits per heavy atom. The number of nitrogens with zero attached hydrogens (tertiary/aromatic N) is 4. The molecule has 3 saturated heterocycles. The number of aromatic nitrogens is 1. The van der Waals surface area contributed by atoms with Crippen LogP contribution in [0, 0.1) is 0 Å². The van der Waals surface area contributed by atoms with Crippen LogP contribution < -0.4 is 10.2 Å². The van der Waals surface area contributed by atoms with Crippen LogP contribution >= 0.6 is 0 Å². The molecule has 0 aliphatic carbocycles. The number of fused-ring (bicyclic) bond motifs is 1. The number of amides is 2. The number of carbonyl (C=O) groups excluding carboxylic acids is 2. The number of nitrogens with one attached hydrogen (secondary N) is 2. The number of ether oxygens (including phenoxy) is 1. The molecule has 0 radical (unpaired) electrons. The lowest BCUT2D eigenvalue weighted by molar-refractivity contribution is -0.135. The lowest BCUT2D eigenvalue weighted by Crippen LogP contribution is -2.57. The SMILES string of the molecule is C[C@@H](NC(=O)c1cc2[nH]ccc2cc1N1CCOCC1)C(=O)N1CCN(C2CCN(C)CC2)CC1. The Labute approximate surface area is 207 Å². The molecule has 1 atom stereocenters. The summed E-state index contributed by atoms with van der Waals surface area (Å²) < 4.78 is 5.50. The highest BCUT2D eigenvalue weighted by Gasteiger charge is 2.31. The molecule has 2 aromatic rings. The molecule has 35 heavy (non-hydrogen) atoms. The van der Waals surface area contributed by atoms with Gasteiger partial charge in [0.25, 0.3) is 5.91 Å². The molecule has 3 aliphatic heterocycles. The van der Waals surface area contributed by atoms with Crippen LogP contribution in [0.25, 0.3) is 10.9 Å². The minimum absolute atomic E-state index is 0.00440. The molecule has 4 heterocycles. The number of aromatic amines is 1. The van der Waals surface area contributed by atoms with Crippen LogP contribution in [0.15, 0.2) is 24.4 Å². The second-order valence-electron chi connectivity index (χ2n) is 10.1. The quantitative estimate of drug-likeness (QED) is 0.670. The topological polar surface area (TPSA) is 84.1 Å². The third-order valence-corrected chi connectivity index (χ3v) is 7.81. The molecule has 9 heteroatoms. The van der Waals surface area contributed by atoms with Gasteiger partial charge in [0.05, 0.1) is 24.5 Å². The Balaban J connectivity index is 1.22. The Morgan fingerprint density at radius 3 is 2.46 bits per heavy atom. The summed E-state index contributed by atoms with van der Waals surface area (Å²) in [7, 11) is 2.18. The fourth-order valence-electron chi connectivity index (χ4n) is 5.61. The molecule has 1 aromatic heterocycles. The van der Waals surface area contributed by atoms with E-state index in [4.69, 9.17) is 4.74 Å². The lowest BCUT2D eigenvalue weighted by atomic mass is 10.0. The van der Waals surface area contributed by atoms with E-state index in [1.165, 1.54) is 12.8 Å². The molecule has 9 nitrogen and oxygen atoms in total. The minimum Gasteiger partial charge on any atom is -0.378 e. The van der Waals surface area contributed by atoms with E-state index in [-0.39, 0.29) is 11.8 Å². The van der Waals surface area contributed by atoms with Gasteiger partial charge in [0.15, 0.2) is 0 Å². The molecular weight excluding hydrogens is 444 g/mol. The number of likely N-dealkylation sites (tertiary alicyclic amines) is 1. The van der Waals surface area contributed by atoms with E-state index in [2.05, 4.69) is 38.1 Å². The largest absolute Gasteiger partial charge is 0.378 e. The molecule has 0 unspecified atom stereocenters. The van der Waals surface area contributed by atoms with Crippen LogP contribution in [-0.4, -0.2) is 116 Å². The molecule has 190 valence electrons. The van der Waals surface area contributed by atoms with E-state index >= 15 is 0 Å². The van der Waals surface area contributed by atoms with E-state index in [9.17, 15) is 9.59 Å². The fourth-order valence-corrected chi connectivity index (χ4v) is 5.61. The normalized spacial score (nSPS) is 21.9. The first-order valence-electron chi connectivity index (χ1n) is 13.0. The molecule has 5 rings (SSSR count). The van der Waals surface area contributed by atoms with Gasteiger partial charge in [0.1, 0.15) is 6.04 Å². The van der Waals surface area contributed by atoms with Crippen LogP contribution in [-0.2, 0) is 9.53 Å². The van der Waals surface area contributed by atoms with Gasteiger partial charge in [0.2, 0.25) is 5.91 Å². The van der Waals surface area contributed by atoms with E-state index in [0.717, 1.165) is 68.9 Å². The molecule has 3 fully saturated rings. The zero-order valence-electron chi connectivity index (χ0n) is 21.0. The number of rotatable bonds is 5. The van der Waals surface area contributed by atoms with E-state index in [1.807, 2.05) is 23.2 Å². The fraction of sp³-hybridized carbons (Fsp3) is 0.615. The average Bonchev–Trinajstić information content (AvgIpc) is 3.36. The maximum Gasteiger partial charge on any atom is 0.254 e. The number of morpholine rings is 1. The predicted octanol–water partition coefficient (Wildman–Crippen LogP) is 1.36. The number of hydrogen-bond donors (Lipinski definition) is 2. The summed E-state index contributed by atoms with van der Waals surface area (Å²) in [6.07, 6.45) is 4.29. The first-order chi connectivity index (χ1) is 17.0. The molecule has 0 saturated carbocycles. The Morgan fingerprint density at radius 1 is 1.03 bits per heavy atom. The maximum absolute atomic E-state index is 13.4. The van der Waals surface area contributed by atoms with Crippen molar-refractivity contribution in [1.82, 2.24) is 25.0 Å². The maximum atomic E-state index is 13.4. The number of anilines is 1. The first kappa shape index (κ1) is 24.1. The van der Waals surface area contributed by atoms with Crippen molar-refractivity contribution in [2.75, 3.05) is 77.5 Å². The molecule has 1 aromatic carbocycles. The van der Waals surface area contributed by atoms with Gasteiger partial charge in [-0.15, -0.1) is 0 Å². The lowest BCUT2D eigenvalue weighted by Gasteiger charge is -2.42. The third-order valence-electron chi connectivity index (χ3n) is 7.81. The van der Waals surface area contributed by atoms with Crippen molar-refractivity contribution >= 4 is 28.4 Å². The smallest absolute Gasteiger partial charge is 0.254 e. The number of hydrogen-bond acceptors (Lipinski definition) is 6. The monoisotopic (exact) mass is 482 g/mol. The van der Waals surface area contributed by atoms with Crippen molar-refractivity contribution in [3.05, 3.63) is 30.0 Å². The average molecular weight is 483 g/mol. The molecule has 2 N–H and O–H groups in total. The van der Waals surface area contributed by atoms with Crippen molar-refractivity contribution in [3.8, 4) is 0 Å². The van der Waals surface area contributed by atoms with Gasteiger partial charge >= 0.3 is 0 Å². The van der Waals surface area contributed by atoms with Crippen molar-refractivity contribution in [1.29, 1.82) is 0 Å². The van der Waals surface area contributed by atoms with Crippen molar-refractivity contribution in [3.63, 3.8) is 0 Å². The number of piperazine rings is 1.